The quantitative estimate of drug-likeness (QED) is 0.831. The van der Waals surface area contributed by atoms with Gasteiger partial charge in [0.2, 0.25) is 5.91 Å². The fourth-order valence-electron chi connectivity index (χ4n) is 3.66. The van der Waals surface area contributed by atoms with E-state index in [1.807, 2.05) is 65.0 Å². The molecule has 25 heavy (non-hydrogen) atoms. The Morgan fingerprint density at radius 2 is 1.96 bits per heavy atom. The van der Waals surface area contributed by atoms with Gasteiger partial charge in [-0.1, -0.05) is 30.3 Å². The molecule has 2 unspecified atom stereocenters. The molecule has 1 aliphatic heterocycles. The highest BCUT2D eigenvalue weighted by molar-refractivity contribution is 5.91. The summed E-state index contributed by atoms with van der Waals surface area (Å²) in [4.78, 5) is 27.5. The van der Waals surface area contributed by atoms with Crippen molar-refractivity contribution in [1.82, 2.24) is 4.90 Å². The van der Waals surface area contributed by atoms with Gasteiger partial charge in [-0.05, 0) is 46.6 Å². The average molecular weight is 347 g/mol. The minimum Gasteiger partial charge on any atom is -0.459 e. The maximum absolute atomic E-state index is 12.9. The highest BCUT2D eigenvalue weighted by Crippen LogP contribution is 2.45. The summed E-state index contributed by atoms with van der Waals surface area (Å²) in [5.74, 6) is -0.485. The minimum atomic E-state index is -1.01. The Hall–Kier alpha value is -1.88. The zero-order chi connectivity index (χ0) is 18.8. The number of benzene rings is 1. The van der Waals surface area contributed by atoms with Gasteiger partial charge in [0.05, 0.1) is 11.5 Å². The fraction of sp³-hybridized carbons (Fsp3) is 0.600. The van der Waals surface area contributed by atoms with E-state index < -0.39 is 17.0 Å². The van der Waals surface area contributed by atoms with Crippen LogP contribution in [-0.4, -0.2) is 40.1 Å². The van der Waals surface area contributed by atoms with Crippen molar-refractivity contribution in [3.63, 3.8) is 0 Å². The lowest BCUT2D eigenvalue weighted by Crippen LogP contribution is -2.47. The largest absolute Gasteiger partial charge is 0.459 e. The number of carbonyl (C=O) groups excluding carboxylic acids is 2. The molecule has 1 heterocycles. The highest BCUT2D eigenvalue weighted by atomic mass is 16.6. The molecule has 5 nitrogen and oxygen atoms in total. The maximum Gasteiger partial charge on any atom is 0.315 e. The van der Waals surface area contributed by atoms with Crippen LogP contribution in [0.3, 0.4) is 0 Å². The lowest BCUT2D eigenvalue weighted by atomic mass is 9.77. The van der Waals surface area contributed by atoms with Crippen molar-refractivity contribution in [1.29, 1.82) is 0 Å². The third-order valence-electron chi connectivity index (χ3n) is 5.03. The number of rotatable bonds is 5. The van der Waals surface area contributed by atoms with E-state index in [1.54, 1.807) is 4.90 Å². The summed E-state index contributed by atoms with van der Waals surface area (Å²) in [5.41, 5.74) is -0.630. The predicted molar refractivity (Wildman–Crippen MR) is 95.8 cm³/mol. The summed E-state index contributed by atoms with van der Waals surface area (Å²) in [6.07, 6.45) is 0.285. The zero-order valence-corrected chi connectivity index (χ0v) is 15.8. The van der Waals surface area contributed by atoms with Gasteiger partial charge in [-0.2, -0.15) is 0 Å². The molecule has 0 saturated carbocycles. The molecule has 0 aromatic heterocycles. The second-order valence-electron chi connectivity index (χ2n) is 7.87. The van der Waals surface area contributed by atoms with Gasteiger partial charge in [0.15, 0.2) is 0 Å². The van der Waals surface area contributed by atoms with Crippen LogP contribution in [0.2, 0.25) is 0 Å². The fourth-order valence-corrected chi connectivity index (χ4v) is 3.66. The van der Waals surface area contributed by atoms with E-state index in [0.717, 1.165) is 5.56 Å². The first-order valence-corrected chi connectivity index (χ1v) is 8.83. The summed E-state index contributed by atoms with van der Waals surface area (Å²) < 4.78 is 5.60. The van der Waals surface area contributed by atoms with Crippen LogP contribution in [0.5, 0.6) is 0 Å². The molecule has 5 heteroatoms. The monoisotopic (exact) mass is 347 g/mol. The molecule has 0 radical (unpaired) electrons. The van der Waals surface area contributed by atoms with Gasteiger partial charge in [0.1, 0.15) is 5.60 Å². The second-order valence-corrected chi connectivity index (χ2v) is 7.87. The second kappa shape index (κ2) is 7.16. The summed E-state index contributed by atoms with van der Waals surface area (Å²) in [6.45, 7) is 9.11. The van der Waals surface area contributed by atoms with Crippen LogP contribution in [-0.2, 0) is 14.3 Å². The molecule has 0 bridgehead atoms. The van der Waals surface area contributed by atoms with E-state index in [4.69, 9.17) is 4.74 Å². The Labute approximate surface area is 150 Å². The zero-order valence-electron chi connectivity index (χ0n) is 15.8. The highest BCUT2D eigenvalue weighted by Gasteiger charge is 2.56. The number of ether oxygens (including phenoxy) is 1. The lowest BCUT2D eigenvalue weighted by molar-refractivity contribution is -0.170. The first-order valence-electron chi connectivity index (χ1n) is 8.83. The van der Waals surface area contributed by atoms with Crippen molar-refractivity contribution < 1.29 is 19.4 Å². The predicted octanol–water partition coefficient (Wildman–Crippen LogP) is 3.08. The molecule has 3 atom stereocenters. The van der Waals surface area contributed by atoms with Gasteiger partial charge in [-0.25, -0.2) is 0 Å². The number of carbonyl (C=O) groups is 2. The molecule has 0 spiro atoms. The number of esters is 1. The first-order chi connectivity index (χ1) is 11.6. The Kier molecular flexibility index (Phi) is 5.57. The van der Waals surface area contributed by atoms with E-state index in [1.165, 1.54) is 0 Å². The van der Waals surface area contributed by atoms with Crippen LogP contribution >= 0.6 is 0 Å². The van der Waals surface area contributed by atoms with E-state index in [9.17, 15) is 14.7 Å². The summed E-state index contributed by atoms with van der Waals surface area (Å²) in [5, 5.41) is 9.55. The third-order valence-corrected chi connectivity index (χ3v) is 5.03. The number of aliphatic hydroxyl groups is 1. The molecule has 1 aromatic carbocycles. The van der Waals surface area contributed by atoms with Gasteiger partial charge >= 0.3 is 5.97 Å². The Balaban J connectivity index is 2.35. The van der Waals surface area contributed by atoms with Crippen molar-refractivity contribution in [2.24, 2.45) is 5.41 Å². The molecule has 1 fully saturated rings. The summed E-state index contributed by atoms with van der Waals surface area (Å²) in [7, 11) is 0. The normalized spacial score (nSPS) is 25.1. The molecular weight excluding hydrogens is 318 g/mol. The standard InChI is InChI=1S/C20H29NO4/c1-14(16-9-7-6-8-10-16)21-15(2)20(11-12-22,13-17(21)23)18(24)25-19(3,4)5/h6-10,14-15,22H,11-13H2,1-5H3/t14-,15?,20?/m1/s1. The number of likely N-dealkylation sites (tertiary alicyclic amines) is 1. The molecule has 1 aromatic rings. The molecule has 1 saturated heterocycles. The number of aliphatic hydroxyl groups excluding tert-OH is 1. The van der Waals surface area contributed by atoms with Crippen molar-refractivity contribution in [2.75, 3.05) is 6.61 Å². The molecule has 1 amide bonds. The molecule has 0 aliphatic carbocycles. The van der Waals surface area contributed by atoms with Crippen molar-refractivity contribution >= 4 is 11.9 Å². The van der Waals surface area contributed by atoms with Gasteiger partial charge in [-0.15, -0.1) is 0 Å². The molecule has 1 aliphatic rings. The Morgan fingerprint density at radius 1 is 1.36 bits per heavy atom. The maximum atomic E-state index is 12.9. The summed E-state index contributed by atoms with van der Waals surface area (Å²) >= 11 is 0. The SMILES string of the molecule is CC1N([C@H](C)c2ccccc2)C(=O)CC1(CCO)C(=O)OC(C)(C)C. The van der Waals surface area contributed by atoms with E-state index in [-0.39, 0.29) is 37.4 Å². The van der Waals surface area contributed by atoms with E-state index in [2.05, 4.69) is 0 Å². The van der Waals surface area contributed by atoms with E-state index >= 15 is 0 Å². The smallest absolute Gasteiger partial charge is 0.315 e. The lowest BCUT2D eigenvalue weighted by Gasteiger charge is -2.37. The van der Waals surface area contributed by atoms with Crippen LogP contribution in [0.25, 0.3) is 0 Å². The Morgan fingerprint density at radius 3 is 2.48 bits per heavy atom. The third kappa shape index (κ3) is 3.87. The van der Waals surface area contributed by atoms with Gasteiger partial charge in [-0.3, -0.25) is 9.59 Å². The first kappa shape index (κ1) is 19.4. The van der Waals surface area contributed by atoms with Crippen molar-refractivity contribution in [3.05, 3.63) is 35.9 Å². The molecule has 138 valence electrons. The topological polar surface area (TPSA) is 66.8 Å². The van der Waals surface area contributed by atoms with Gasteiger partial charge < -0.3 is 14.7 Å². The van der Waals surface area contributed by atoms with Crippen molar-refractivity contribution in [3.8, 4) is 0 Å². The number of hydrogen-bond donors (Lipinski definition) is 1. The number of nitrogens with zero attached hydrogens (tertiary/aromatic N) is 1. The number of hydrogen-bond acceptors (Lipinski definition) is 4. The average Bonchev–Trinajstić information content (AvgIpc) is 2.78. The van der Waals surface area contributed by atoms with Crippen molar-refractivity contribution in [2.45, 2.75) is 65.1 Å². The van der Waals surface area contributed by atoms with E-state index in [0.29, 0.717) is 0 Å². The van der Waals surface area contributed by atoms with Crippen LogP contribution in [0.1, 0.15) is 59.1 Å². The van der Waals surface area contributed by atoms with Crippen LogP contribution < -0.4 is 0 Å². The molecule has 2 rings (SSSR count). The molecular formula is C20H29NO4. The van der Waals surface area contributed by atoms with Crippen LogP contribution in [0.15, 0.2) is 30.3 Å². The van der Waals surface area contributed by atoms with Crippen LogP contribution in [0.4, 0.5) is 0 Å². The Bertz CT molecular complexity index is 622. The van der Waals surface area contributed by atoms with Gasteiger partial charge in [0, 0.05) is 19.1 Å². The number of amides is 1. The van der Waals surface area contributed by atoms with Gasteiger partial charge in [0.25, 0.3) is 0 Å². The molecule has 1 N–H and O–H groups in total. The minimum absolute atomic E-state index is 0.0703. The van der Waals surface area contributed by atoms with Crippen LogP contribution in [0, 0.1) is 5.41 Å². The summed E-state index contributed by atoms with van der Waals surface area (Å²) in [6, 6.07) is 9.26.